The first-order valence-corrected chi connectivity index (χ1v) is 3.67. The van der Waals surface area contributed by atoms with Gasteiger partial charge in [-0.25, -0.2) is 0 Å². The fourth-order valence-electron chi connectivity index (χ4n) is 0.951. The molecular formula is C8H13BN2O2. The minimum Gasteiger partial charge on any atom is -0.330 e. The lowest BCUT2D eigenvalue weighted by Crippen LogP contribution is -2.02. The third-order valence-electron chi connectivity index (χ3n) is 1.58. The van der Waals surface area contributed by atoms with Gasteiger partial charge in [-0.1, -0.05) is 12.1 Å². The summed E-state index contributed by atoms with van der Waals surface area (Å²) in [6, 6.07) is 6.44. The van der Waals surface area contributed by atoms with Crippen LogP contribution < -0.4 is 5.73 Å². The average molecular weight is 180 g/mol. The molecule has 0 saturated carbocycles. The first-order valence-electron chi connectivity index (χ1n) is 3.67. The molecule has 0 aliphatic rings. The summed E-state index contributed by atoms with van der Waals surface area (Å²) in [5.74, 6) is 0. The zero-order valence-corrected chi connectivity index (χ0v) is 6.56. The Bertz CT molecular complexity index is 274. The summed E-state index contributed by atoms with van der Waals surface area (Å²) in [5, 5.41) is 10.3. The predicted octanol–water partition coefficient (Wildman–Crippen LogP) is -0.0879. The van der Waals surface area contributed by atoms with Gasteiger partial charge < -0.3 is 5.73 Å². The Morgan fingerprint density at radius 1 is 1.31 bits per heavy atom. The van der Waals surface area contributed by atoms with E-state index < -0.39 is 4.92 Å². The number of hydrogen-bond acceptors (Lipinski definition) is 3. The third-order valence-corrected chi connectivity index (χ3v) is 1.58. The van der Waals surface area contributed by atoms with Gasteiger partial charge in [0.15, 0.2) is 0 Å². The second-order valence-electron chi connectivity index (χ2n) is 2.46. The Labute approximate surface area is 78.5 Å². The molecule has 1 rings (SSSR count). The summed E-state index contributed by atoms with van der Waals surface area (Å²) in [7, 11) is 0. The van der Waals surface area contributed by atoms with Gasteiger partial charge in [0.05, 0.1) is 13.3 Å². The molecule has 0 saturated heterocycles. The molecule has 4 nitrogen and oxygen atoms in total. The van der Waals surface area contributed by atoms with E-state index in [-0.39, 0.29) is 14.1 Å². The summed E-state index contributed by atoms with van der Waals surface area (Å²) in [6.45, 7) is 0.567. The normalized spacial score (nSPS) is 9.00. The average Bonchev–Trinajstić information content (AvgIpc) is 2.06. The van der Waals surface area contributed by atoms with Crippen molar-refractivity contribution in [3.63, 3.8) is 0 Å². The van der Waals surface area contributed by atoms with Gasteiger partial charge in [-0.2, -0.15) is 0 Å². The molecular weight excluding hydrogens is 167 g/mol. The zero-order chi connectivity index (χ0) is 8.97. The maximum Gasteiger partial charge on any atom is 0.269 e. The predicted molar refractivity (Wildman–Crippen MR) is 55.8 cm³/mol. The van der Waals surface area contributed by atoms with E-state index in [4.69, 9.17) is 5.73 Å². The van der Waals surface area contributed by atoms with Gasteiger partial charge in [-0.05, 0) is 18.5 Å². The highest BCUT2D eigenvalue weighted by molar-refractivity contribution is 5.75. The van der Waals surface area contributed by atoms with Crippen molar-refractivity contribution in [1.82, 2.24) is 0 Å². The molecule has 5 heteroatoms. The number of hydrogen-bond donors (Lipinski definition) is 1. The van der Waals surface area contributed by atoms with E-state index in [1.807, 2.05) is 0 Å². The topological polar surface area (TPSA) is 69.2 Å². The van der Waals surface area contributed by atoms with E-state index in [1.165, 1.54) is 12.1 Å². The van der Waals surface area contributed by atoms with Crippen LogP contribution in [0.15, 0.2) is 24.3 Å². The molecule has 0 aliphatic heterocycles. The Morgan fingerprint density at radius 2 is 1.85 bits per heavy atom. The van der Waals surface area contributed by atoms with Crippen molar-refractivity contribution in [3.8, 4) is 0 Å². The molecule has 0 bridgehead atoms. The van der Waals surface area contributed by atoms with Crippen LogP contribution in [0, 0.1) is 10.1 Å². The second-order valence-corrected chi connectivity index (χ2v) is 2.46. The summed E-state index contributed by atoms with van der Waals surface area (Å²) in [5.41, 5.74) is 6.48. The monoisotopic (exact) mass is 180 g/mol. The molecule has 1 aromatic rings. The molecule has 0 atom stereocenters. The lowest BCUT2D eigenvalue weighted by molar-refractivity contribution is -0.384. The van der Waals surface area contributed by atoms with Crippen molar-refractivity contribution in [1.29, 1.82) is 0 Å². The molecule has 0 fully saturated rings. The van der Waals surface area contributed by atoms with Gasteiger partial charge in [0.1, 0.15) is 0 Å². The van der Waals surface area contributed by atoms with Crippen molar-refractivity contribution in [3.05, 3.63) is 39.9 Å². The lowest BCUT2D eigenvalue weighted by Gasteiger charge is -1.96. The fraction of sp³-hybridized carbons (Fsp3) is 0.250. The summed E-state index contributed by atoms with van der Waals surface area (Å²) in [4.78, 5) is 9.84. The molecule has 13 heavy (non-hydrogen) atoms. The molecule has 0 unspecified atom stereocenters. The van der Waals surface area contributed by atoms with Crippen molar-refractivity contribution >= 4 is 14.1 Å². The largest absolute Gasteiger partial charge is 0.330 e. The maximum absolute atomic E-state index is 10.3. The SMILES string of the molecule is B.NCCc1ccc([N+](=O)[O-])cc1. The number of non-ortho nitro benzene ring substituents is 1. The van der Waals surface area contributed by atoms with Crippen LogP contribution >= 0.6 is 0 Å². The van der Waals surface area contributed by atoms with Crippen molar-refractivity contribution < 1.29 is 4.92 Å². The number of nitrogens with zero attached hydrogens (tertiary/aromatic N) is 1. The Balaban J connectivity index is 0.00000144. The highest BCUT2D eigenvalue weighted by Crippen LogP contribution is 2.11. The number of benzene rings is 1. The first kappa shape index (κ1) is 11.6. The van der Waals surface area contributed by atoms with Crippen LogP contribution in [0.4, 0.5) is 5.69 Å². The van der Waals surface area contributed by atoms with Crippen LogP contribution in [0.25, 0.3) is 0 Å². The number of nitrogens with two attached hydrogens (primary N) is 1. The van der Waals surface area contributed by atoms with Crippen LogP contribution in [-0.2, 0) is 6.42 Å². The molecule has 0 aliphatic carbocycles. The van der Waals surface area contributed by atoms with Gasteiger partial charge in [0, 0.05) is 12.1 Å². The minimum absolute atomic E-state index is 0. The third kappa shape index (κ3) is 3.25. The molecule has 0 amide bonds. The van der Waals surface area contributed by atoms with E-state index in [2.05, 4.69) is 0 Å². The van der Waals surface area contributed by atoms with Crippen molar-refractivity contribution in [2.75, 3.05) is 6.54 Å². The molecule has 1 aromatic carbocycles. The molecule has 0 heterocycles. The van der Waals surface area contributed by atoms with Crippen LogP contribution in [0.5, 0.6) is 0 Å². The van der Waals surface area contributed by atoms with Gasteiger partial charge in [0.2, 0.25) is 0 Å². The van der Waals surface area contributed by atoms with Crippen molar-refractivity contribution in [2.45, 2.75) is 6.42 Å². The van der Waals surface area contributed by atoms with E-state index in [0.29, 0.717) is 6.54 Å². The highest BCUT2D eigenvalue weighted by atomic mass is 16.6. The summed E-state index contributed by atoms with van der Waals surface area (Å²) in [6.07, 6.45) is 0.762. The minimum atomic E-state index is -0.410. The molecule has 0 aromatic heterocycles. The van der Waals surface area contributed by atoms with Crippen LogP contribution in [0.3, 0.4) is 0 Å². The first-order chi connectivity index (χ1) is 5.74. The van der Waals surface area contributed by atoms with E-state index >= 15 is 0 Å². The van der Waals surface area contributed by atoms with Crippen LogP contribution in [-0.4, -0.2) is 19.9 Å². The van der Waals surface area contributed by atoms with Gasteiger partial charge >= 0.3 is 0 Å². The Hall–Kier alpha value is -1.36. The standard InChI is InChI=1S/C8H10N2O2.BH3/c9-6-5-7-1-3-8(4-2-7)10(11)12;/h1-4H,5-6,9H2;1H3. The summed E-state index contributed by atoms with van der Waals surface area (Å²) >= 11 is 0. The highest BCUT2D eigenvalue weighted by Gasteiger charge is 2.02. The maximum atomic E-state index is 10.3. The molecule has 2 N–H and O–H groups in total. The van der Waals surface area contributed by atoms with E-state index in [1.54, 1.807) is 12.1 Å². The smallest absolute Gasteiger partial charge is 0.269 e. The summed E-state index contributed by atoms with van der Waals surface area (Å²) < 4.78 is 0. The number of rotatable bonds is 3. The zero-order valence-electron chi connectivity index (χ0n) is 6.56. The van der Waals surface area contributed by atoms with Gasteiger partial charge in [0.25, 0.3) is 5.69 Å². The lowest BCUT2D eigenvalue weighted by atomic mass is 10.1. The molecule has 0 spiro atoms. The van der Waals surface area contributed by atoms with Crippen LogP contribution in [0.1, 0.15) is 5.56 Å². The van der Waals surface area contributed by atoms with Gasteiger partial charge in [-0.15, -0.1) is 0 Å². The van der Waals surface area contributed by atoms with Crippen LogP contribution in [0.2, 0.25) is 0 Å². The van der Waals surface area contributed by atoms with E-state index in [9.17, 15) is 10.1 Å². The molecule has 70 valence electrons. The van der Waals surface area contributed by atoms with E-state index in [0.717, 1.165) is 12.0 Å². The number of nitro groups is 1. The van der Waals surface area contributed by atoms with Gasteiger partial charge in [-0.3, -0.25) is 10.1 Å². The molecule has 0 radical (unpaired) electrons. The Kier molecular flexibility index (Phi) is 4.76. The Morgan fingerprint density at radius 3 is 2.23 bits per heavy atom. The number of nitro benzene ring substituents is 1. The fourth-order valence-corrected chi connectivity index (χ4v) is 0.951. The van der Waals surface area contributed by atoms with Crippen molar-refractivity contribution in [2.24, 2.45) is 5.73 Å². The second kappa shape index (κ2) is 5.32. The quantitative estimate of drug-likeness (QED) is 0.401.